The Kier molecular flexibility index (Phi) is 2.82. The topological polar surface area (TPSA) is 16.4 Å². The highest BCUT2D eigenvalue weighted by atomic mass is 19.1. The second-order valence-corrected chi connectivity index (χ2v) is 5.81. The SMILES string of the molecule is CN1Cc2cc3ccoc3cc2C(c2ccc(F)cc2)C1. The van der Waals surface area contributed by atoms with Crippen LogP contribution in [0.2, 0.25) is 0 Å². The average molecular weight is 281 g/mol. The highest BCUT2D eigenvalue weighted by molar-refractivity contribution is 5.79. The van der Waals surface area contributed by atoms with Gasteiger partial charge in [0.25, 0.3) is 0 Å². The Balaban J connectivity index is 1.87. The van der Waals surface area contributed by atoms with E-state index in [1.165, 1.54) is 23.3 Å². The fourth-order valence-electron chi connectivity index (χ4n) is 3.28. The summed E-state index contributed by atoms with van der Waals surface area (Å²) in [7, 11) is 2.12. The first-order valence-electron chi connectivity index (χ1n) is 7.15. The summed E-state index contributed by atoms with van der Waals surface area (Å²) in [5, 5.41) is 1.14. The molecule has 2 aromatic carbocycles. The second kappa shape index (κ2) is 4.71. The fraction of sp³-hybridized carbons (Fsp3) is 0.222. The van der Waals surface area contributed by atoms with Crippen molar-refractivity contribution in [2.24, 2.45) is 0 Å². The van der Waals surface area contributed by atoms with Crippen molar-refractivity contribution in [2.45, 2.75) is 12.5 Å². The van der Waals surface area contributed by atoms with E-state index in [1.54, 1.807) is 6.26 Å². The summed E-state index contributed by atoms with van der Waals surface area (Å²) in [5.41, 5.74) is 4.69. The molecule has 21 heavy (non-hydrogen) atoms. The van der Waals surface area contributed by atoms with Crippen LogP contribution in [0.3, 0.4) is 0 Å². The van der Waals surface area contributed by atoms with Gasteiger partial charge in [-0.25, -0.2) is 4.39 Å². The van der Waals surface area contributed by atoms with Crippen LogP contribution in [-0.2, 0) is 6.54 Å². The minimum absolute atomic E-state index is 0.190. The lowest BCUT2D eigenvalue weighted by Crippen LogP contribution is -2.30. The Morgan fingerprint density at radius 2 is 1.95 bits per heavy atom. The monoisotopic (exact) mass is 281 g/mol. The molecule has 2 nitrogen and oxygen atoms in total. The first-order valence-corrected chi connectivity index (χ1v) is 7.15. The number of rotatable bonds is 1. The number of benzene rings is 2. The number of hydrogen-bond donors (Lipinski definition) is 0. The molecule has 4 rings (SSSR count). The molecule has 0 aliphatic carbocycles. The maximum absolute atomic E-state index is 13.2. The van der Waals surface area contributed by atoms with Crippen LogP contribution in [0.15, 0.2) is 53.1 Å². The van der Waals surface area contributed by atoms with Gasteiger partial charge in [0.1, 0.15) is 11.4 Å². The van der Waals surface area contributed by atoms with Crippen molar-refractivity contribution in [3.05, 3.63) is 71.2 Å². The maximum atomic E-state index is 13.2. The van der Waals surface area contributed by atoms with Gasteiger partial charge in [-0.05, 0) is 54.1 Å². The lowest BCUT2D eigenvalue weighted by molar-refractivity contribution is 0.295. The predicted molar refractivity (Wildman–Crippen MR) is 80.8 cm³/mol. The Bertz CT molecular complexity index is 791. The van der Waals surface area contributed by atoms with Crippen LogP contribution in [0, 0.1) is 5.82 Å². The summed E-state index contributed by atoms with van der Waals surface area (Å²) in [6, 6.07) is 13.2. The molecule has 0 saturated carbocycles. The molecule has 0 N–H and O–H groups in total. The van der Waals surface area contributed by atoms with E-state index in [4.69, 9.17) is 4.42 Å². The Morgan fingerprint density at radius 1 is 1.14 bits per heavy atom. The van der Waals surface area contributed by atoms with Crippen molar-refractivity contribution in [1.29, 1.82) is 0 Å². The van der Waals surface area contributed by atoms with Gasteiger partial charge in [-0.3, -0.25) is 0 Å². The number of nitrogens with zero attached hydrogens (tertiary/aromatic N) is 1. The van der Waals surface area contributed by atoms with Crippen molar-refractivity contribution >= 4 is 11.0 Å². The zero-order chi connectivity index (χ0) is 14.4. The van der Waals surface area contributed by atoms with Crippen LogP contribution in [0.4, 0.5) is 4.39 Å². The summed E-state index contributed by atoms with van der Waals surface area (Å²) in [6.45, 7) is 1.87. The molecule has 1 aliphatic rings. The summed E-state index contributed by atoms with van der Waals surface area (Å²) in [5.74, 6) is 0.0680. The Labute approximate surface area is 122 Å². The molecule has 1 atom stereocenters. The molecule has 1 aliphatic heterocycles. The smallest absolute Gasteiger partial charge is 0.134 e. The van der Waals surface area contributed by atoms with Crippen molar-refractivity contribution in [3.63, 3.8) is 0 Å². The largest absolute Gasteiger partial charge is 0.464 e. The quantitative estimate of drug-likeness (QED) is 0.666. The molecule has 3 heteroatoms. The predicted octanol–water partition coefficient (Wildman–Crippen LogP) is 4.15. The lowest BCUT2D eigenvalue weighted by atomic mass is 9.84. The van der Waals surface area contributed by atoms with Gasteiger partial charge in [0.15, 0.2) is 0 Å². The van der Waals surface area contributed by atoms with Crippen molar-refractivity contribution in [3.8, 4) is 0 Å². The molecule has 0 amide bonds. The molecule has 0 saturated heterocycles. The number of likely N-dealkylation sites (N-methyl/N-ethyl adjacent to an activating group) is 1. The summed E-state index contributed by atoms with van der Waals surface area (Å²) in [4.78, 5) is 2.31. The third-order valence-electron chi connectivity index (χ3n) is 4.30. The van der Waals surface area contributed by atoms with Crippen LogP contribution in [0.25, 0.3) is 11.0 Å². The molecule has 2 heterocycles. The van der Waals surface area contributed by atoms with Gasteiger partial charge in [-0.2, -0.15) is 0 Å². The van der Waals surface area contributed by atoms with E-state index in [1.807, 2.05) is 18.2 Å². The first kappa shape index (κ1) is 12.6. The van der Waals surface area contributed by atoms with Crippen molar-refractivity contribution in [2.75, 3.05) is 13.6 Å². The zero-order valence-corrected chi connectivity index (χ0v) is 11.8. The van der Waals surface area contributed by atoms with Crippen molar-refractivity contribution < 1.29 is 8.81 Å². The van der Waals surface area contributed by atoms with E-state index in [9.17, 15) is 4.39 Å². The first-order chi connectivity index (χ1) is 10.2. The summed E-state index contributed by atoms with van der Waals surface area (Å²) >= 11 is 0. The van der Waals surface area contributed by atoms with Gasteiger partial charge in [-0.15, -0.1) is 0 Å². The van der Waals surface area contributed by atoms with Gasteiger partial charge in [0.2, 0.25) is 0 Å². The average Bonchev–Trinajstić information content (AvgIpc) is 2.92. The van der Waals surface area contributed by atoms with Gasteiger partial charge >= 0.3 is 0 Å². The maximum Gasteiger partial charge on any atom is 0.134 e. The summed E-state index contributed by atoms with van der Waals surface area (Å²) < 4.78 is 18.7. The van der Waals surface area contributed by atoms with Gasteiger partial charge in [0, 0.05) is 24.4 Å². The Hall–Kier alpha value is -2.13. The number of fused-ring (bicyclic) bond motifs is 2. The molecule has 0 radical (unpaired) electrons. The van der Waals surface area contributed by atoms with Gasteiger partial charge < -0.3 is 9.32 Å². The van der Waals surface area contributed by atoms with E-state index in [2.05, 4.69) is 24.1 Å². The number of furan rings is 1. The molecule has 3 aromatic rings. The normalized spacial score (nSPS) is 18.9. The highest BCUT2D eigenvalue weighted by Crippen LogP contribution is 2.35. The molecule has 106 valence electrons. The van der Waals surface area contributed by atoms with Crippen LogP contribution < -0.4 is 0 Å². The fourth-order valence-corrected chi connectivity index (χ4v) is 3.28. The van der Waals surface area contributed by atoms with Crippen LogP contribution in [0.5, 0.6) is 0 Å². The second-order valence-electron chi connectivity index (χ2n) is 5.81. The van der Waals surface area contributed by atoms with E-state index in [0.29, 0.717) is 0 Å². The van der Waals surface area contributed by atoms with E-state index < -0.39 is 0 Å². The molecule has 1 unspecified atom stereocenters. The lowest BCUT2D eigenvalue weighted by Gasteiger charge is -2.32. The Morgan fingerprint density at radius 3 is 2.76 bits per heavy atom. The molecule has 1 aromatic heterocycles. The zero-order valence-electron chi connectivity index (χ0n) is 11.8. The van der Waals surface area contributed by atoms with Crippen LogP contribution in [-0.4, -0.2) is 18.5 Å². The standard InChI is InChI=1S/C18H16FNO/c1-20-10-14-8-13-6-7-21-18(13)9-16(14)17(11-20)12-2-4-15(19)5-3-12/h2-9,17H,10-11H2,1H3. The highest BCUT2D eigenvalue weighted by Gasteiger charge is 2.25. The van der Waals surface area contributed by atoms with E-state index >= 15 is 0 Å². The molecule has 0 bridgehead atoms. The van der Waals surface area contributed by atoms with Crippen molar-refractivity contribution in [1.82, 2.24) is 4.90 Å². The molecule has 0 fully saturated rings. The van der Waals surface area contributed by atoms with E-state index in [-0.39, 0.29) is 11.7 Å². The summed E-state index contributed by atoms with van der Waals surface area (Å²) in [6.07, 6.45) is 1.73. The van der Waals surface area contributed by atoms with E-state index in [0.717, 1.165) is 29.6 Å². The molecule has 0 spiro atoms. The minimum atomic E-state index is -0.190. The van der Waals surface area contributed by atoms with Crippen LogP contribution >= 0.6 is 0 Å². The van der Waals surface area contributed by atoms with Gasteiger partial charge in [-0.1, -0.05) is 12.1 Å². The number of hydrogen-bond acceptors (Lipinski definition) is 2. The van der Waals surface area contributed by atoms with Gasteiger partial charge in [0.05, 0.1) is 6.26 Å². The molecular formula is C18H16FNO. The third kappa shape index (κ3) is 2.14. The minimum Gasteiger partial charge on any atom is -0.464 e. The van der Waals surface area contributed by atoms with Crippen LogP contribution in [0.1, 0.15) is 22.6 Å². The third-order valence-corrected chi connectivity index (χ3v) is 4.30. The molecular weight excluding hydrogens is 265 g/mol. The number of halogens is 1.